The van der Waals surface area contributed by atoms with Crippen molar-refractivity contribution in [1.82, 2.24) is 8.80 Å². The van der Waals surface area contributed by atoms with Gasteiger partial charge in [0.05, 0.1) is 33.1 Å². The zero-order valence-corrected chi connectivity index (χ0v) is 42.0. The maximum atomic E-state index is 7.23. The molecule has 0 saturated heterocycles. The Morgan fingerprint density at radius 3 is 0.970 bits per heavy atom. The van der Waals surface area contributed by atoms with Crippen molar-refractivity contribution in [2.24, 2.45) is 0 Å². The molecule has 0 unspecified atom stereocenters. The fraction of sp³-hybridized carbons (Fsp3) is 0.323. The third-order valence-corrected chi connectivity index (χ3v) is 15.8. The number of hydrogen-bond donors (Lipinski definition) is 0. The molecular formula is C62H61BN2O2. The molecule has 0 aliphatic carbocycles. The zero-order chi connectivity index (χ0) is 47.0. The van der Waals surface area contributed by atoms with Crippen LogP contribution in [-0.4, -0.2) is 15.5 Å². The third-order valence-electron chi connectivity index (χ3n) is 15.8. The van der Waals surface area contributed by atoms with Gasteiger partial charge < -0.3 is 18.3 Å². The number of fused-ring (bicyclic) bond motifs is 16. The van der Waals surface area contributed by atoms with Crippen LogP contribution < -0.4 is 25.9 Å². The van der Waals surface area contributed by atoms with Gasteiger partial charge in [-0.05, 0) is 151 Å². The standard InChI is InChI=1S/C62H61BN2O2/c1-58(2,3)32-16-18-47-37(20-32)41-22-34(60(7,8)9)24-43-39-28-51-45(30-49(39)64(47)56(41)43)63-46-31-50-40(29-52(46)67-54-27-36(62(13,14)15)26-53(66-51)55(54)63)44-25-35(61(10,11)12)23-42-38-21-33(59(4,5)6)17-19-48(38)65(50)57(42)44/h16-31H,1-15H3. The van der Waals surface area contributed by atoms with Crippen LogP contribution in [0.25, 0.3) is 76.2 Å². The van der Waals surface area contributed by atoms with Crippen LogP contribution in [0.5, 0.6) is 23.0 Å². The number of benzene rings is 7. The molecule has 11 aromatic rings. The Bertz CT molecular complexity index is 3740. The Morgan fingerprint density at radius 2 is 0.627 bits per heavy atom. The van der Waals surface area contributed by atoms with Crippen molar-refractivity contribution in [2.45, 2.75) is 131 Å². The van der Waals surface area contributed by atoms with Gasteiger partial charge in [0.15, 0.2) is 0 Å². The highest BCUT2D eigenvalue weighted by atomic mass is 16.5. The second kappa shape index (κ2) is 12.5. The fourth-order valence-corrected chi connectivity index (χ4v) is 11.8. The summed E-state index contributed by atoms with van der Waals surface area (Å²) in [6.07, 6.45) is 0. The molecule has 0 saturated carbocycles. The van der Waals surface area contributed by atoms with E-state index in [0.29, 0.717) is 0 Å². The number of hydrogen-bond acceptors (Lipinski definition) is 2. The lowest BCUT2D eigenvalue weighted by Gasteiger charge is -2.34. The Labute approximate surface area is 394 Å². The molecule has 0 atom stereocenters. The summed E-state index contributed by atoms with van der Waals surface area (Å²) in [4.78, 5) is 0. The van der Waals surface area contributed by atoms with Gasteiger partial charge in [0.1, 0.15) is 23.0 Å². The topological polar surface area (TPSA) is 27.3 Å². The minimum absolute atomic E-state index is 0.0293. The van der Waals surface area contributed by atoms with Gasteiger partial charge in [0.25, 0.3) is 6.71 Å². The van der Waals surface area contributed by atoms with E-state index in [1.54, 1.807) is 0 Å². The van der Waals surface area contributed by atoms with E-state index in [-0.39, 0.29) is 33.8 Å². The molecule has 334 valence electrons. The molecule has 4 nitrogen and oxygen atoms in total. The van der Waals surface area contributed by atoms with Crippen molar-refractivity contribution in [1.29, 1.82) is 0 Å². The second-order valence-corrected chi connectivity index (χ2v) is 25.6. The third kappa shape index (κ3) is 5.55. The van der Waals surface area contributed by atoms with Crippen molar-refractivity contribution in [3.8, 4) is 23.0 Å². The summed E-state index contributed by atoms with van der Waals surface area (Å²) in [5.74, 6) is 3.61. The first-order chi connectivity index (χ1) is 31.3. The van der Waals surface area contributed by atoms with Crippen LogP contribution in [0.1, 0.15) is 132 Å². The molecule has 7 aromatic carbocycles. The van der Waals surface area contributed by atoms with E-state index in [9.17, 15) is 0 Å². The maximum absolute atomic E-state index is 7.23. The average molecular weight is 877 g/mol. The highest BCUT2D eigenvalue weighted by Crippen LogP contribution is 2.48. The second-order valence-electron chi connectivity index (χ2n) is 25.6. The Hall–Kier alpha value is -6.20. The Morgan fingerprint density at radius 1 is 0.313 bits per heavy atom. The first-order valence-electron chi connectivity index (χ1n) is 24.5. The molecule has 0 N–H and O–H groups in total. The molecule has 0 bridgehead atoms. The number of nitrogens with zero attached hydrogens (tertiary/aromatic N) is 2. The van der Waals surface area contributed by atoms with E-state index in [1.807, 2.05) is 0 Å². The average Bonchev–Trinajstić information content (AvgIpc) is 3.95. The van der Waals surface area contributed by atoms with Crippen LogP contribution in [0.3, 0.4) is 0 Å². The lowest BCUT2D eigenvalue weighted by Crippen LogP contribution is -2.57. The van der Waals surface area contributed by atoms with Crippen molar-refractivity contribution >= 4 is 99.3 Å². The number of ether oxygens (including phenoxy) is 2. The quantitative estimate of drug-likeness (QED) is 0.142. The SMILES string of the molecule is CC(C)(C)c1cc2c3c(c1)Oc1cc4c5cc(C(C)(C)C)cc6c7cc(C(C)(C)C)ccc7n(c4cc1B3c1cc3c(cc1O2)c1cc(C(C)(C)C)cc2c4cc(C(C)(C)C)ccc4n3c21)c65. The van der Waals surface area contributed by atoms with Gasteiger partial charge in [0, 0.05) is 48.6 Å². The smallest absolute Gasteiger partial charge is 0.260 e. The summed E-state index contributed by atoms with van der Waals surface area (Å²) in [7, 11) is 0. The van der Waals surface area contributed by atoms with Crippen molar-refractivity contribution < 1.29 is 9.47 Å². The molecule has 13 rings (SSSR count). The summed E-state index contributed by atoms with van der Waals surface area (Å²) < 4.78 is 19.6. The first kappa shape index (κ1) is 41.0. The lowest BCUT2D eigenvalue weighted by atomic mass is 9.34. The van der Waals surface area contributed by atoms with E-state index >= 15 is 0 Å². The lowest BCUT2D eigenvalue weighted by molar-refractivity contribution is 0.459. The van der Waals surface area contributed by atoms with Crippen molar-refractivity contribution in [3.63, 3.8) is 0 Å². The summed E-state index contributed by atoms with van der Waals surface area (Å²) in [5, 5.41) is 10.3. The van der Waals surface area contributed by atoms with Gasteiger partial charge in [-0.1, -0.05) is 116 Å². The molecule has 2 aliphatic rings. The molecule has 0 spiro atoms. The summed E-state index contributed by atoms with van der Waals surface area (Å²) in [5.41, 5.74) is 17.4. The van der Waals surface area contributed by atoms with Crippen LogP contribution in [0.15, 0.2) is 97.1 Å². The largest absolute Gasteiger partial charge is 0.458 e. The number of rotatable bonds is 0. The minimum Gasteiger partial charge on any atom is -0.458 e. The van der Waals surface area contributed by atoms with Gasteiger partial charge in [0.2, 0.25) is 0 Å². The van der Waals surface area contributed by atoms with Crippen LogP contribution in [0.2, 0.25) is 0 Å². The van der Waals surface area contributed by atoms with E-state index in [0.717, 1.165) is 28.5 Å². The molecule has 67 heavy (non-hydrogen) atoms. The molecule has 5 heteroatoms. The van der Waals surface area contributed by atoms with E-state index < -0.39 is 0 Å². The monoisotopic (exact) mass is 876 g/mol. The maximum Gasteiger partial charge on any atom is 0.260 e. The predicted molar refractivity (Wildman–Crippen MR) is 287 cm³/mol. The van der Waals surface area contributed by atoms with Crippen molar-refractivity contribution in [2.75, 3.05) is 0 Å². The van der Waals surface area contributed by atoms with Crippen molar-refractivity contribution in [3.05, 3.63) is 125 Å². The minimum atomic E-state index is -0.114. The van der Waals surface area contributed by atoms with Crippen LogP contribution in [0.4, 0.5) is 0 Å². The molecular weight excluding hydrogens is 816 g/mol. The van der Waals surface area contributed by atoms with E-state index in [4.69, 9.17) is 9.47 Å². The van der Waals surface area contributed by atoms with Gasteiger partial charge in [-0.25, -0.2) is 0 Å². The predicted octanol–water partition coefficient (Wildman–Crippen LogP) is 15.2. The molecule has 2 aliphatic heterocycles. The Balaban J connectivity index is 1.14. The van der Waals surface area contributed by atoms with Crippen LogP contribution in [-0.2, 0) is 27.1 Å². The van der Waals surface area contributed by atoms with E-state index in [1.165, 1.54) is 115 Å². The number of aromatic nitrogens is 2. The fourth-order valence-electron chi connectivity index (χ4n) is 11.8. The van der Waals surface area contributed by atoms with Crippen LogP contribution in [0, 0.1) is 0 Å². The van der Waals surface area contributed by atoms with E-state index in [2.05, 4.69) is 210 Å². The van der Waals surface area contributed by atoms with Gasteiger partial charge in [-0.2, -0.15) is 0 Å². The molecule has 0 fully saturated rings. The molecule has 4 aromatic heterocycles. The normalized spacial score (nSPS) is 14.7. The summed E-state index contributed by atoms with van der Waals surface area (Å²) >= 11 is 0. The first-order valence-corrected chi connectivity index (χ1v) is 24.5. The highest BCUT2D eigenvalue weighted by molar-refractivity contribution is 6.98. The van der Waals surface area contributed by atoms with Crippen LogP contribution >= 0.6 is 0 Å². The zero-order valence-electron chi connectivity index (χ0n) is 42.0. The molecule has 0 radical (unpaired) electrons. The summed E-state index contributed by atoms with van der Waals surface area (Å²) in [6.45, 7) is 34.6. The van der Waals surface area contributed by atoms with Gasteiger partial charge in [-0.15, -0.1) is 0 Å². The molecule has 0 amide bonds. The summed E-state index contributed by atoms with van der Waals surface area (Å²) in [6, 6.07) is 38.4. The Kier molecular flexibility index (Phi) is 7.63. The van der Waals surface area contributed by atoms with Gasteiger partial charge in [-0.3, -0.25) is 0 Å². The van der Waals surface area contributed by atoms with Gasteiger partial charge >= 0.3 is 0 Å². The molecule has 6 heterocycles. The highest BCUT2D eigenvalue weighted by Gasteiger charge is 2.43.